The lowest BCUT2D eigenvalue weighted by molar-refractivity contribution is -0.141. The number of halogens is 2. The molecule has 5 nitrogen and oxygen atoms in total. The molecule has 0 aromatic heterocycles. The zero-order valence-electron chi connectivity index (χ0n) is 14.4. The summed E-state index contributed by atoms with van der Waals surface area (Å²) in [4.78, 5) is 24.8. The highest BCUT2D eigenvalue weighted by molar-refractivity contribution is 6.31. The number of rotatable bonds is 6. The summed E-state index contributed by atoms with van der Waals surface area (Å²) in [5, 5.41) is 12.3. The highest BCUT2D eigenvalue weighted by atomic mass is 35.5. The molecule has 0 aliphatic heterocycles. The number of urea groups is 1. The number of carboxylic acid groups (broad SMARTS) is 1. The average molecular weight is 379 g/mol. The number of benzene rings is 2. The summed E-state index contributed by atoms with van der Waals surface area (Å²) in [5.74, 6) is -2.06. The number of carboxylic acids is 1. The Bertz CT molecular complexity index is 783. The van der Waals surface area contributed by atoms with Gasteiger partial charge in [-0.25, -0.2) is 9.18 Å². The standard InChI is InChI=1S/C19H20ClFN2O3/c1-12(18(24)25)11-23(2)19(26)22-17(13-7-9-14(21)10-8-13)15-5-3-4-6-16(15)20/h3-10,12,17H,11H2,1-2H3,(H,22,26)(H,24,25). The van der Waals surface area contributed by atoms with Crippen LogP contribution in [0.2, 0.25) is 5.02 Å². The Labute approximate surface area is 156 Å². The number of nitrogens with one attached hydrogen (secondary N) is 1. The van der Waals surface area contributed by atoms with E-state index in [1.807, 2.05) is 0 Å². The fourth-order valence-electron chi connectivity index (χ4n) is 2.51. The van der Waals surface area contributed by atoms with Crippen molar-refractivity contribution >= 4 is 23.6 Å². The van der Waals surface area contributed by atoms with Crippen LogP contribution in [0.4, 0.5) is 9.18 Å². The van der Waals surface area contributed by atoms with Crippen LogP contribution in [-0.4, -0.2) is 35.6 Å². The molecule has 26 heavy (non-hydrogen) atoms. The van der Waals surface area contributed by atoms with Crippen molar-refractivity contribution in [3.05, 3.63) is 70.5 Å². The number of hydrogen-bond acceptors (Lipinski definition) is 2. The third-order valence-corrected chi connectivity index (χ3v) is 4.35. The Morgan fingerprint density at radius 3 is 2.38 bits per heavy atom. The normalized spacial score (nSPS) is 12.9. The molecule has 2 amide bonds. The van der Waals surface area contributed by atoms with Crippen LogP contribution >= 0.6 is 11.6 Å². The van der Waals surface area contributed by atoms with Crippen molar-refractivity contribution in [2.24, 2.45) is 5.92 Å². The molecule has 7 heteroatoms. The SMILES string of the molecule is CC(CN(C)C(=O)NC(c1ccc(F)cc1)c1ccccc1Cl)C(=O)O. The topological polar surface area (TPSA) is 69.6 Å². The molecule has 2 atom stereocenters. The van der Waals surface area contributed by atoms with Crippen LogP contribution in [0.5, 0.6) is 0 Å². The Morgan fingerprint density at radius 2 is 1.81 bits per heavy atom. The van der Waals surface area contributed by atoms with E-state index in [2.05, 4.69) is 5.32 Å². The fourth-order valence-corrected chi connectivity index (χ4v) is 2.76. The minimum Gasteiger partial charge on any atom is -0.481 e. The molecule has 2 N–H and O–H groups in total. The third-order valence-electron chi connectivity index (χ3n) is 4.00. The minimum atomic E-state index is -0.981. The summed E-state index contributed by atoms with van der Waals surface area (Å²) in [6.07, 6.45) is 0. The zero-order chi connectivity index (χ0) is 19.3. The van der Waals surface area contributed by atoms with Crippen molar-refractivity contribution in [2.75, 3.05) is 13.6 Å². The lowest BCUT2D eigenvalue weighted by Gasteiger charge is -2.26. The van der Waals surface area contributed by atoms with Crippen molar-refractivity contribution in [1.29, 1.82) is 0 Å². The Hall–Kier alpha value is -2.60. The van der Waals surface area contributed by atoms with Crippen LogP contribution in [0.25, 0.3) is 0 Å². The summed E-state index contributed by atoms with van der Waals surface area (Å²) >= 11 is 6.27. The first-order valence-corrected chi connectivity index (χ1v) is 8.41. The molecule has 2 unspecified atom stereocenters. The lowest BCUT2D eigenvalue weighted by Crippen LogP contribution is -2.42. The minimum absolute atomic E-state index is 0.0554. The van der Waals surface area contributed by atoms with E-state index in [1.54, 1.807) is 36.4 Å². The smallest absolute Gasteiger partial charge is 0.317 e. The van der Waals surface area contributed by atoms with Crippen molar-refractivity contribution in [3.8, 4) is 0 Å². The van der Waals surface area contributed by atoms with Crippen molar-refractivity contribution < 1.29 is 19.1 Å². The maximum Gasteiger partial charge on any atom is 0.317 e. The molecule has 0 radical (unpaired) electrons. The number of carbonyl (C=O) groups excluding carboxylic acids is 1. The average Bonchev–Trinajstić information content (AvgIpc) is 2.61. The van der Waals surface area contributed by atoms with Crippen LogP contribution < -0.4 is 5.32 Å². The molecular formula is C19H20ClFN2O3. The van der Waals surface area contributed by atoms with Crippen LogP contribution in [0.15, 0.2) is 48.5 Å². The summed E-state index contributed by atoms with van der Waals surface area (Å²) in [6.45, 7) is 1.58. The van der Waals surface area contributed by atoms with Gasteiger partial charge in [-0.3, -0.25) is 4.79 Å². The molecule has 0 heterocycles. The summed E-state index contributed by atoms with van der Waals surface area (Å²) in [7, 11) is 1.52. The lowest BCUT2D eigenvalue weighted by atomic mass is 9.98. The number of hydrogen-bond donors (Lipinski definition) is 2. The van der Waals surface area contributed by atoms with Gasteiger partial charge in [0.15, 0.2) is 0 Å². The van der Waals surface area contributed by atoms with Gasteiger partial charge in [0.1, 0.15) is 5.82 Å². The number of amides is 2. The van der Waals surface area contributed by atoms with Crippen LogP contribution in [0, 0.1) is 11.7 Å². The Balaban J connectivity index is 2.27. The first-order valence-electron chi connectivity index (χ1n) is 8.04. The summed E-state index contributed by atoms with van der Waals surface area (Å²) in [6, 6.07) is 11.8. The van der Waals surface area contributed by atoms with E-state index in [0.29, 0.717) is 16.1 Å². The van der Waals surface area contributed by atoms with E-state index in [-0.39, 0.29) is 12.4 Å². The molecule has 0 spiro atoms. The highest BCUT2D eigenvalue weighted by Crippen LogP contribution is 2.28. The fraction of sp³-hybridized carbons (Fsp3) is 0.263. The predicted octanol–water partition coefficient (Wildman–Crippen LogP) is 3.93. The van der Waals surface area contributed by atoms with Crippen molar-refractivity contribution in [1.82, 2.24) is 10.2 Å². The largest absolute Gasteiger partial charge is 0.481 e. The maximum atomic E-state index is 13.3. The predicted molar refractivity (Wildman–Crippen MR) is 97.7 cm³/mol. The van der Waals surface area contributed by atoms with E-state index >= 15 is 0 Å². The number of aliphatic carboxylic acids is 1. The third kappa shape index (κ3) is 4.95. The van der Waals surface area contributed by atoms with E-state index in [4.69, 9.17) is 16.7 Å². The summed E-state index contributed by atoms with van der Waals surface area (Å²) in [5.41, 5.74) is 1.32. The van der Waals surface area contributed by atoms with E-state index in [0.717, 1.165) is 0 Å². The van der Waals surface area contributed by atoms with Gasteiger partial charge in [0, 0.05) is 18.6 Å². The number of carbonyl (C=O) groups is 2. The van der Waals surface area contributed by atoms with Gasteiger partial charge in [0.2, 0.25) is 0 Å². The van der Waals surface area contributed by atoms with Crippen molar-refractivity contribution in [2.45, 2.75) is 13.0 Å². The van der Waals surface area contributed by atoms with E-state index < -0.39 is 24.0 Å². The second-order valence-corrected chi connectivity index (χ2v) is 6.48. The second kappa shape index (κ2) is 8.67. The molecule has 2 aromatic carbocycles. The Kier molecular flexibility index (Phi) is 6.58. The van der Waals surface area contributed by atoms with Gasteiger partial charge in [-0.05, 0) is 29.3 Å². The monoisotopic (exact) mass is 378 g/mol. The molecule has 2 rings (SSSR count). The molecule has 0 saturated carbocycles. The molecule has 0 fully saturated rings. The van der Waals surface area contributed by atoms with Gasteiger partial charge >= 0.3 is 12.0 Å². The van der Waals surface area contributed by atoms with Gasteiger partial charge in [-0.1, -0.05) is 48.9 Å². The van der Waals surface area contributed by atoms with Gasteiger partial charge in [-0.15, -0.1) is 0 Å². The van der Waals surface area contributed by atoms with Gasteiger partial charge < -0.3 is 15.3 Å². The molecule has 0 bridgehead atoms. The van der Waals surface area contributed by atoms with Crippen molar-refractivity contribution in [3.63, 3.8) is 0 Å². The highest BCUT2D eigenvalue weighted by Gasteiger charge is 2.23. The maximum absolute atomic E-state index is 13.3. The molecule has 138 valence electrons. The van der Waals surface area contributed by atoms with Gasteiger partial charge in [-0.2, -0.15) is 0 Å². The van der Waals surface area contributed by atoms with Gasteiger partial charge in [0.25, 0.3) is 0 Å². The van der Waals surface area contributed by atoms with E-state index in [9.17, 15) is 14.0 Å². The van der Waals surface area contributed by atoms with Gasteiger partial charge in [0.05, 0.1) is 12.0 Å². The second-order valence-electron chi connectivity index (χ2n) is 6.08. The summed E-state index contributed by atoms with van der Waals surface area (Å²) < 4.78 is 13.3. The quantitative estimate of drug-likeness (QED) is 0.800. The number of nitrogens with zero attached hydrogens (tertiary/aromatic N) is 1. The first kappa shape index (κ1) is 19.7. The van der Waals surface area contributed by atoms with Crippen LogP contribution in [-0.2, 0) is 4.79 Å². The molecule has 0 saturated heterocycles. The molecule has 0 aliphatic rings. The molecule has 2 aromatic rings. The molecular weight excluding hydrogens is 359 g/mol. The first-order chi connectivity index (χ1) is 12.3. The van der Waals surface area contributed by atoms with Crippen LogP contribution in [0.1, 0.15) is 24.1 Å². The van der Waals surface area contributed by atoms with E-state index in [1.165, 1.54) is 31.0 Å². The van der Waals surface area contributed by atoms with Crippen LogP contribution in [0.3, 0.4) is 0 Å². The Morgan fingerprint density at radius 1 is 1.19 bits per heavy atom. The molecule has 0 aliphatic carbocycles. The zero-order valence-corrected chi connectivity index (χ0v) is 15.2.